The van der Waals surface area contributed by atoms with Gasteiger partial charge in [0.2, 0.25) is 0 Å². The third-order valence-electron chi connectivity index (χ3n) is 4.13. The predicted molar refractivity (Wildman–Crippen MR) is 127 cm³/mol. The first-order valence-corrected chi connectivity index (χ1v) is 10.4. The van der Waals surface area contributed by atoms with Gasteiger partial charge < -0.3 is 19.7 Å². The summed E-state index contributed by atoms with van der Waals surface area (Å²) in [7, 11) is 3.52. The molecule has 0 radical (unpaired) electrons. The summed E-state index contributed by atoms with van der Waals surface area (Å²) in [5.41, 5.74) is 1.47. The van der Waals surface area contributed by atoms with Crippen LogP contribution in [0.5, 0.6) is 5.75 Å². The van der Waals surface area contributed by atoms with Gasteiger partial charge in [-0.2, -0.15) is 13.2 Å². The summed E-state index contributed by atoms with van der Waals surface area (Å²) in [6, 6.07) is 6.60. The quantitative estimate of drug-likeness (QED) is 0.260. The molecule has 174 valence electrons. The van der Waals surface area contributed by atoms with Crippen LogP contribution in [0.15, 0.2) is 34.6 Å². The average molecular weight is 572 g/mol. The maximum atomic E-state index is 12.5. The number of guanidine groups is 1. The lowest BCUT2D eigenvalue weighted by Gasteiger charge is -2.21. The van der Waals surface area contributed by atoms with E-state index in [-0.39, 0.29) is 42.4 Å². The Labute approximate surface area is 201 Å². The monoisotopic (exact) mass is 572 g/mol. The van der Waals surface area contributed by atoms with Crippen molar-refractivity contribution < 1.29 is 22.6 Å². The molecule has 0 saturated carbocycles. The first kappa shape index (κ1) is 27.4. The van der Waals surface area contributed by atoms with Crippen molar-refractivity contribution in [1.82, 2.24) is 15.2 Å². The van der Waals surface area contributed by atoms with Gasteiger partial charge in [-0.15, -0.1) is 35.3 Å². The van der Waals surface area contributed by atoms with Crippen LogP contribution >= 0.6 is 35.3 Å². The lowest BCUT2D eigenvalue weighted by molar-refractivity contribution is -0.153. The van der Waals surface area contributed by atoms with E-state index in [0.717, 1.165) is 10.7 Å². The third kappa shape index (κ3) is 9.19. The van der Waals surface area contributed by atoms with Crippen molar-refractivity contribution in [3.8, 4) is 5.75 Å². The van der Waals surface area contributed by atoms with Crippen LogP contribution in [-0.4, -0.2) is 49.3 Å². The fraction of sp³-hybridized carbons (Fsp3) is 0.500. The van der Waals surface area contributed by atoms with Crippen molar-refractivity contribution in [2.45, 2.75) is 39.2 Å². The van der Waals surface area contributed by atoms with Gasteiger partial charge in [-0.25, -0.2) is 9.98 Å². The number of hydrogen-bond donors (Lipinski definition) is 1. The number of nitrogens with zero attached hydrogens (tertiary/aromatic N) is 3. The zero-order valence-electron chi connectivity index (χ0n) is 17.9. The van der Waals surface area contributed by atoms with E-state index in [1.165, 1.54) is 17.4 Å². The van der Waals surface area contributed by atoms with Gasteiger partial charge in [-0.05, 0) is 19.9 Å². The van der Waals surface area contributed by atoms with Gasteiger partial charge in [0.1, 0.15) is 16.9 Å². The number of ether oxygens (including phenoxy) is 2. The standard InChI is InChI=1S/C20H27F3N4O2S.HI/c1-5-24-19(27(3)11-16-12-30-18(26-16)14(2)28-4)25-10-15-8-6-7-9-17(15)29-13-20(21,22)23;/h6-9,12,14H,5,10-11,13H2,1-4H3,(H,24,25);1H. The summed E-state index contributed by atoms with van der Waals surface area (Å²) in [6.07, 6.45) is -4.46. The van der Waals surface area contributed by atoms with Crippen LogP contribution in [0.4, 0.5) is 13.2 Å². The van der Waals surface area contributed by atoms with Gasteiger partial charge in [0.05, 0.1) is 18.8 Å². The second-order valence-electron chi connectivity index (χ2n) is 6.59. The van der Waals surface area contributed by atoms with Crippen molar-refractivity contribution >= 4 is 41.3 Å². The minimum Gasteiger partial charge on any atom is -0.484 e. The molecule has 6 nitrogen and oxygen atoms in total. The molecule has 0 aliphatic rings. The Balaban J connectivity index is 0.00000480. The second-order valence-corrected chi connectivity index (χ2v) is 7.48. The summed E-state index contributed by atoms with van der Waals surface area (Å²) in [4.78, 5) is 11.1. The van der Waals surface area contributed by atoms with Crippen LogP contribution in [0.3, 0.4) is 0 Å². The fourth-order valence-corrected chi connectivity index (χ4v) is 3.41. The molecule has 1 N–H and O–H groups in total. The zero-order valence-corrected chi connectivity index (χ0v) is 21.0. The van der Waals surface area contributed by atoms with E-state index in [9.17, 15) is 13.2 Å². The van der Waals surface area contributed by atoms with Gasteiger partial charge in [-0.1, -0.05) is 18.2 Å². The van der Waals surface area contributed by atoms with Crippen LogP contribution in [0, 0.1) is 0 Å². The maximum absolute atomic E-state index is 12.5. The number of alkyl halides is 3. The molecular formula is C20H28F3IN4O2S. The molecule has 1 aromatic carbocycles. The van der Waals surface area contributed by atoms with E-state index in [2.05, 4.69) is 15.3 Å². The van der Waals surface area contributed by atoms with Crippen molar-refractivity contribution in [1.29, 1.82) is 0 Å². The Kier molecular flexibility index (Phi) is 11.6. The summed E-state index contributed by atoms with van der Waals surface area (Å²) in [5.74, 6) is 0.798. The molecule has 2 aromatic rings. The van der Waals surface area contributed by atoms with E-state index in [0.29, 0.717) is 24.6 Å². The molecule has 11 heteroatoms. The lowest BCUT2D eigenvalue weighted by atomic mass is 10.2. The summed E-state index contributed by atoms with van der Waals surface area (Å²) in [6.45, 7) is 3.92. The van der Waals surface area contributed by atoms with Gasteiger partial charge in [0.25, 0.3) is 0 Å². The molecule has 1 atom stereocenters. The molecule has 1 aromatic heterocycles. The van der Waals surface area contributed by atoms with E-state index >= 15 is 0 Å². The second kappa shape index (κ2) is 13.1. The number of aliphatic imine (C=N–C) groups is 1. The minimum absolute atomic E-state index is 0. The Morgan fingerprint density at radius 2 is 2.03 bits per heavy atom. The lowest BCUT2D eigenvalue weighted by Crippen LogP contribution is -2.38. The number of para-hydroxylation sites is 1. The molecule has 1 unspecified atom stereocenters. The molecule has 0 aliphatic heterocycles. The van der Waals surface area contributed by atoms with Crippen molar-refractivity contribution in [3.63, 3.8) is 0 Å². The Bertz CT molecular complexity index is 833. The van der Waals surface area contributed by atoms with E-state index < -0.39 is 12.8 Å². The number of rotatable bonds is 9. The zero-order chi connectivity index (χ0) is 22.1. The van der Waals surface area contributed by atoms with Crippen molar-refractivity contribution in [2.75, 3.05) is 27.3 Å². The van der Waals surface area contributed by atoms with Crippen LogP contribution in [0.2, 0.25) is 0 Å². The molecular weight excluding hydrogens is 544 g/mol. The van der Waals surface area contributed by atoms with Gasteiger partial charge in [-0.3, -0.25) is 0 Å². The maximum Gasteiger partial charge on any atom is 0.422 e. The molecule has 0 fully saturated rings. The Morgan fingerprint density at radius 1 is 1.32 bits per heavy atom. The summed E-state index contributed by atoms with van der Waals surface area (Å²) in [5, 5.41) is 6.07. The molecule has 0 amide bonds. The van der Waals surface area contributed by atoms with Crippen molar-refractivity contribution in [3.05, 3.63) is 45.9 Å². The van der Waals surface area contributed by atoms with Crippen LogP contribution in [-0.2, 0) is 17.8 Å². The highest BCUT2D eigenvalue weighted by Gasteiger charge is 2.28. The summed E-state index contributed by atoms with van der Waals surface area (Å²) >= 11 is 1.54. The first-order valence-electron chi connectivity index (χ1n) is 9.47. The number of methoxy groups -OCH3 is 1. The summed E-state index contributed by atoms with van der Waals surface area (Å²) < 4.78 is 47.7. The molecule has 0 aliphatic carbocycles. The van der Waals surface area contributed by atoms with Gasteiger partial charge >= 0.3 is 6.18 Å². The molecule has 2 rings (SSSR count). The van der Waals surface area contributed by atoms with Gasteiger partial charge in [0, 0.05) is 31.6 Å². The van der Waals surface area contributed by atoms with Crippen LogP contribution in [0.25, 0.3) is 0 Å². The van der Waals surface area contributed by atoms with Gasteiger partial charge in [0.15, 0.2) is 12.6 Å². The SMILES string of the molecule is CCNC(=NCc1ccccc1OCC(F)(F)F)N(C)Cc1csc(C(C)OC)n1.I. The smallest absolute Gasteiger partial charge is 0.422 e. The van der Waals surface area contributed by atoms with E-state index in [1.54, 1.807) is 25.3 Å². The number of aromatic nitrogens is 1. The minimum atomic E-state index is -4.39. The topological polar surface area (TPSA) is 59.0 Å². The highest BCUT2D eigenvalue weighted by molar-refractivity contribution is 14.0. The largest absolute Gasteiger partial charge is 0.484 e. The number of nitrogens with one attached hydrogen (secondary N) is 1. The third-order valence-corrected chi connectivity index (χ3v) is 5.18. The predicted octanol–water partition coefficient (Wildman–Crippen LogP) is 5.01. The van der Waals surface area contributed by atoms with E-state index in [1.807, 2.05) is 31.2 Å². The highest BCUT2D eigenvalue weighted by atomic mass is 127. The number of thiazole rings is 1. The fourth-order valence-electron chi connectivity index (χ4n) is 2.57. The highest BCUT2D eigenvalue weighted by Crippen LogP contribution is 2.23. The Hall–Kier alpha value is -1.60. The average Bonchev–Trinajstić information content (AvgIpc) is 3.17. The normalized spacial score (nSPS) is 12.8. The number of hydrogen-bond acceptors (Lipinski definition) is 5. The first-order chi connectivity index (χ1) is 14.2. The molecule has 0 bridgehead atoms. The number of benzene rings is 1. The Morgan fingerprint density at radius 3 is 2.68 bits per heavy atom. The number of halogens is 4. The molecule has 1 heterocycles. The van der Waals surface area contributed by atoms with Crippen molar-refractivity contribution in [2.24, 2.45) is 4.99 Å². The van der Waals surface area contributed by atoms with E-state index in [4.69, 9.17) is 9.47 Å². The molecule has 0 spiro atoms. The molecule has 31 heavy (non-hydrogen) atoms. The van der Waals surface area contributed by atoms with Crippen LogP contribution < -0.4 is 10.1 Å². The van der Waals surface area contributed by atoms with Crippen LogP contribution in [0.1, 0.15) is 36.2 Å². The molecule has 0 saturated heterocycles.